The highest BCUT2D eigenvalue weighted by molar-refractivity contribution is 5.89. The van der Waals surface area contributed by atoms with Gasteiger partial charge < -0.3 is 5.32 Å². The van der Waals surface area contributed by atoms with Gasteiger partial charge in [0.2, 0.25) is 0 Å². The number of benzene rings is 1. The van der Waals surface area contributed by atoms with Gasteiger partial charge in [0, 0.05) is 23.8 Å². The van der Waals surface area contributed by atoms with E-state index in [1.54, 1.807) is 6.20 Å². The first kappa shape index (κ1) is 14.0. The molecule has 0 fully saturated rings. The van der Waals surface area contributed by atoms with Crippen LogP contribution in [0.1, 0.15) is 30.0 Å². The number of hydrogen-bond acceptors (Lipinski definition) is 4. The van der Waals surface area contributed by atoms with Crippen molar-refractivity contribution >= 4 is 16.7 Å². The molecule has 2 heterocycles. The van der Waals surface area contributed by atoms with Crippen LogP contribution in [-0.4, -0.2) is 15.0 Å². The molecule has 4 nitrogen and oxygen atoms in total. The van der Waals surface area contributed by atoms with E-state index in [4.69, 9.17) is 0 Å². The number of halogens is 2. The molecule has 1 aromatic carbocycles. The molecule has 3 aromatic rings. The Morgan fingerprint density at radius 2 is 2.00 bits per heavy atom. The lowest BCUT2D eigenvalue weighted by atomic mass is 9.89. The van der Waals surface area contributed by atoms with Crippen LogP contribution in [0.5, 0.6) is 0 Å². The Hall–Kier alpha value is -2.63. The van der Waals surface area contributed by atoms with Gasteiger partial charge in [-0.2, -0.15) is 0 Å². The van der Waals surface area contributed by atoms with E-state index in [0.29, 0.717) is 16.7 Å². The molecule has 1 aliphatic carbocycles. The highest BCUT2D eigenvalue weighted by Crippen LogP contribution is 2.33. The van der Waals surface area contributed by atoms with Crippen molar-refractivity contribution in [2.24, 2.45) is 0 Å². The van der Waals surface area contributed by atoms with E-state index in [0.717, 1.165) is 31.4 Å². The molecule has 0 spiro atoms. The first-order chi connectivity index (χ1) is 11.2. The molecule has 0 saturated carbocycles. The van der Waals surface area contributed by atoms with Crippen LogP contribution in [0.15, 0.2) is 36.9 Å². The van der Waals surface area contributed by atoms with Gasteiger partial charge in [-0.1, -0.05) is 0 Å². The van der Waals surface area contributed by atoms with Gasteiger partial charge in [-0.15, -0.1) is 0 Å². The zero-order valence-corrected chi connectivity index (χ0v) is 12.3. The predicted octanol–water partition coefficient (Wildman–Crippen LogP) is 3.79. The van der Waals surface area contributed by atoms with Crippen molar-refractivity contribution in [1.82, 2.24) is 15.0 Å². The summed E-state index contributed by atoms with van der Waals surface area (Å²) in [6.45, 7) is 0. The molecule has 0 radical (unpaired) electrons. The molecule has 0 aliphatic heterocycles. The van der Waals surface area contributed by atoms with Crippen LogP contribution in [0.25, 0.3) is 10.9 Å². The number of hydrogen-bond donors (Lipinski definition) is 1. The summed E-state index contributed by atoms with van der Waals surface area (Å²) in [7, 11) is 0. The van der Waals surface area contributed by atoms with Gasteiger partial charge in [0.25, 0.3) is 0 Å². The number of nitrogens with zero attached hydrogens (tertiary/aromatic N) is 3. The molecule has 1 unspecified atom stereocenters. The second kappa shape index (κ2) is 5.53. The zero-order chi connectivity index (χ0) is 15.8. The number of rotatable bonds is 2. The van der Waals surface area contributed by atoms with Crippen LogP contribution in [0.3, 0.4) is 0 Å². The van der Waals surface area contributed by atoms with Crippen LogP contribution in [0.4, 0.5) is 14.6 Å². The Kier molecular flexibility index (Phi) is 3.37. The van der Waals surface area contributed by atoms with Crippen molar-refractivity contribution in [3.63, 3.8) is 0 Å². The third-order valence-electron chi connectivity index (χ3n) is 4.24. The summed E-state index contributed by atoms with van der Waals surface area (Å²) in [4.78, 5) is 12.4. The van der Waals surface area contributed by atoms with Gasteiger partial charge in [-0.05, 0) is 42.5 Å². The Labute approximate surface area is 131 Å². The minimum atomic E-state index is -0.906. The zero-order valence-electron chi connectivity index (χ0n) is 12.3. The van der Waals surface area contributed by atoms with Crippen LogP contribution < -0.4 is 5.32 Å². The summed E-state index contributed by atoms with van der Waals surface area (Å²) >= 11 is 0. The standard InChI is InChI=1S/C17H14F2N4/c18-13-6-12-16(7-14(13)19)21-9-22-17(12)23-15-3-1-2-10-8-20-5-4-11(10)15/h4-9,15H,1-3H2,(H,21,22,23). The Morgan fingerprint density at radius 3 is 2.91 bits per heavy atom. The molecule has 1 atom stereocenters. The molecule has 0 saturated heterocycles. The van der Waals surface area contributed by atoms with E-state index in [2.05, 4.69) is 20.3 Å². The third kappa shape index (κ3) is 2.50. The van der Waals surface area contributed by atoms with Gasteiger partial charge >= 0.3 is 0 Å². The van der Waals surface area contributed by atoms with Crippen LogP contribution in [-0.2, 0) is 6.42 Å². The molecule has 0 amide bonds. The molecular weight excluding hydrogens is 298 g/mol. The summed E-state index contributed by atoms with van der Waals surface area (Å²) in [5.41, 5.74) is 2.78. The number of aryl methyl sites for hydroxylation is 1. The minimum absolute atomic E-state index is 0.0768. The number of anilines is 1. The Bertz CT molecular complexity index is 882. The van der Waals surface area contributed by atoms with Crippen molar-refractivity contribution in [3.8, 4) is 0 Å². The maximum Gasteiger partial charge on any atom is 0.161 e. The Balaban J connectivity index is 1.75. The summed E-state index contributed by atoms with van der Waals surface area (Å²) in [5.74, 6) is -1.29. The average molecular weight is 312 g/mol. The van der Waals surface area contributed by atoms with Gasteiger partial charge in [0.1, 0.15) is 12.1 Å². The number of nitrogens with one attached hydrogen (secondary N) is 1. The lowest BCUT2D eigenvalue weighted by molar-refractivity contribution is 0.510. The van der Waals surface area contributed by atoms with Crippen LogP contribution in [0.2, 0.25) is 0 Å². The number of pyridine rings is 1. The van der Waals surface area contributed by atoms with Crippen molar-refractivity contribution in [2.45, 2.75) is 25.3 Å². The third-order valence-corrected chi connectivity index (χ3v) is 4.24. The van der Waals surface area contributed by atoms with Gasteiger partial charge in [0.05, 0.1) is 11.6 Å². The van der Waals surface area contributed by atoms with Crippen molar-refractivity contribution in [1.29, 1.82) is 0 Å². The predicted molar refractivity (Wildman–Crippen MR) is 83.0 cm³/mol. The molecule has 2 aromatic heterocycles. The quantitative estimate of drug-likeness (QED) is 0.782. The molecule has 1 N–H and O–H groups in total. The van der Waals surface area contributed by atoms with Gasteiger partial charge in [-0.3, -0.25) is 4.98 Å². The maximum atomic E-state index is 13.6. The molecule has 6 heteroatoms. The summed E-state index contributed by atoms with van der Waals surface area (Å²) in [6.07, 6.45) is 8.01. The second-order valence-corrected chi connectivity index (χ2v) is 5.67. The highest BCUT2D eigenvalue weighted by Gasteiger charge is 2.21. The molecule has 116 valence electrons. The highest BCUT2D eigenvalue weighted by atomic mass is 19.2. The topological polar surface area (TPSA) is 50.7 Å². The lowest BCUT2D eigenvalue weighted by Crippen LogP contribution is -2.18. The minimum Gasteiger partial charge on any atom is -0.363 e. The fourth-order valence-corrected chi connectivity index (χ4v) is 3.12. The monoisotopic (exact) mass is 312 g/mol. The molecular formula is C17H14F2N4. The summed E-state index contributed by atoms with van der Waals surface area (Å²) < 4.78 is 27.0. The van der Waals surface area contributed by atoms with Crippen molar-refractivity contribution < 1.29 is 8.78 Å². The van der Waals surface area contributed by atoms with E-state index in [1.165, 1.54) is 17.5 Å². The molecule has 23 heavy (non-hydrogen) atoms. The normalized spacial score (nSPS) is 17.0. The van der Waals surface area contributed by atoms with Crippen LogP contribution >= 0.6 is 0 Å². The van der Waals surface area contributed by atoms with E-state index in [-0.39, 0.29) is 6.04 Å². The van der Waals surface area contributed by atoms with Crippen molar-refractivity contribution in [2.75, 3.05) is 5.32 Å². The Morgan fingerprint density at radius 1 is 1.13 bits per heavy atom. The lowest BCUT2D eigenvalue weighted by Gasteiger charge is -2.26. The van der Waals surface area contributed by atoms with Gasteiger partial charge in [0.15, 0.2) is 11.6 Å². The SMILES string of the molecule is Fc1cc2ncnc(NC3CCCc4cnccc43)c2cc1F. The van der Waals surface area contributed by atoms with Gasteiger partial charge in [-0.25, -0.2) is 18.7 Å². The second-order valence-electron chi connectivity index (χ2n) is 5.67. The first-order valence-corrected chi connectivity index (χ1v) is 7.51. The van der Waals surface area contributed by atoms with E-state index in [9.17, 15) is 8.78 Å². The van der Waals surface area contributed by atoms with E-state index < -0.39 is 11.6 Å². The van der Waals surface area contributed by atoms with Crippen molar-refractivity contribution in [3.05, 3.63) is 59.7 Å². The number of fused-ring (bicyclic) bond motifs is 2. The van der Waals surface area contributed by atoms with Crippen LogP contribution in [0, 0.1) is 11.6 Å². The molecule has 4 rings (SSSR count). The molecule has 1 aliphatic rings. The number of aromatic nitrogens is 3. The molecule has 0 bridgehead atoms. The fraction of sp³-hybridized carbons (Fsp3) is 0.235. The summed E-state index contributed by atoms with van der Waals surface area (Å²) in [6, 6.07) is 4.31. The maximum absolute atomic E-state index is 13.6. The fourth-order valence-electron chi connectivity index (χ4n) is 3.12. The smallest absolute Gasteiger partial charge is 0.161 e. The first-order valence-electron chi connectivity index (χ1n) is 7.51. The largest absolute Gasteiger partial charge is 0.363 e. The van der Waals surface area contributed by atoms with E-state index >= 15 is 0 Å². The average Bonchev–Trinajstić information content (AvgIpc) is 2.57. The summed E-state index contributed by atoms with van der Waals surface area (Å²) in [5, 5.41) is 3.84. The van der Waals surface area contributed by atoms with E-state index in [1.807, 2.05) is 12.3 Å².